The van der Waals surface area contributed by atoms with Gasteiger partial charge >= 0.3 is 0 Å². The highest BCUT2D eigenvalue weighted by Crippen LogP contribution is 2.14. The lowest BCUT2D eigenvalue weighted by Gasteiger charge is -2.04. The maximum absolute atomic E-state index is 5.51. The lowest BCUT2D eigenvalue weighted by atomic mass is 10.0. The van der Waals surface area contributed by atoms with Crippen LogP contribution >= 0.6 is 0 Å². The van der Waals surface area contributed by atoms with Crippen molar-refractivity contribution >= 4 is 0 Å². The number of rotatable bonds is 22. The van der Waals surface area contributed by atoms with Crippen LogP contribution in [-0.4, -0.2) is 26.2 Å². The van der Waals surface area contributed by atoms with Gasteiger partial charge < -0.3 is 16.8 Å². The summed E-state index contributed by atoms with van der Waals surface area (Å²) in [5.74, 6) is 0. The second-order valence-corrected chi connectivity index (χ2v) is 7.69. The van der Waals surface area contributed by atoms with E-state index in [1.165, 1.54) is 116 Å². The molecule has 0 rings (SSSR count). The van der Waals surface area contributed by atoms with Gasteiger partial charge in [0, 0.05) is 13.1 Å². The zero-order valence-electron chi connectivity index (χ0n) is 17.2. The van der Waals surface area contributed by atoms with Gasteiger partial charge in [0.25, 0.3) is 0 Å². The van der Waals surface area contributed by atoms with Gasteiger partial charge in [0.15, 0.2) is 0 Å². The smallest absolute Gasteiger partial charge is 0.00745 e. The maximum atomic E-state index is 5.51. The summed E-state index contributed by atoms with van der Waals surface area (Å²) in [6, 6.07) is 0. The molecule has 0 bridgehead atoms. The number of nitrogens with one attached hydrogen (secondary N) is 1. The minimum absolute atomic E-state index is 0.760. The first-order valence-electron chi connectivity index (χ1n) is 11.5. The van der Waals surface area contributed by atoms with Crippen LogP contribution in [0.5, 0.6) is 0 Å². The number of hydrogen-bond acceptors (Lipinski definition) is 3. The van der Waals surface area contributed by atoms with E-state index in [0.717, 1.165) is 26.2 Å². The summed E-state index contributed by atoms with van der Waals surface area (Å²) in [4.78, 5) is 0. The molecule has 3 nitrogen and oxygen atoms in total. The molecule has 0 heterocycles. The van der Waals surface area contributed by atoms with Gasteiger partial charge in [-0.1, -0.05) is 103 Å². The first-order valence-corrected chi connectivity index (χ1v) is 11.5. The Hall–Kier alpha value is -0.120. The SMILES string of the molecule is NCCCCCCCCCCCCCCCCCCCCNCCN. The summed E-state index contributed by atoms with van der Waals surface area (Å²) in [7, 11) is 0. The van der Waals surface area contributed by atoms with Crippen LogP contribution in [0.3, 0.4) is 0 Å². The van der Waals surface area contributed by atoms with Gasteiger partial charge in [0.2, 0.25) is 0 Å². The fourth-order valence-electron chi connectivity index (χ4n) is 3.45. The molecule has 0 aromatic carbocycles. The van der Waals surface area contributed by atoms with Crippen LogP contribution in [-0.2, 0) is 0 Å². The molecule has 0 amide bonds. The molecule has 152 valence electrons. The van der Waals surface area contributed by atoms with Gasteiger partial charge in [-0.15, -0.1) is 0 Å². The third kappa shape index (κ3) is 23.9. The van der Waals surface area contributed by atoms with E-state index in [1.807, 2.05) is 0 Å². The van der Waals surface area contributed by atoms with Crippen LogP contribution in [0.1, 0.15) is 116 Å². The van der Waals surface area contributed by atoms with Gasteiger partial charge in [0.05, 0.1) is 0 Å². The van der Waals surface area contributed by atoms with Crippen LogP contribution in [0.25, 0.3) is 0 Å². The molecule has 25 heavy (non-hydrogen) atoms. The number of hydrogen-bond donors (Lipinski definition) is 3. The van der Waals surface area contributed by atoms with Crippen molar-refractivity contribution in [2.45, 2.75) is 116 Å². The summed E-state index contributed by atoms with van der Waals surface area (Å²) in [5, 5.41) is 3.36. The summed E-state index contributed by atoms with van der Waals surface area (Å²) in [6.45, 7) is 3.74. The molecular weight excluding hydrogens is 306 g/mol. The largest absolute Gasteiger partial charge is 0.330 e. The Balaban J connectivity index is 2.94. The monoisotopic (exact) mass is 355 g/mol. The van der Waals surface area contributed by atoms with Crippen molar-refractivity contribution in [2.24, 2.45) is 11.5 Å². The maximum Gasteiger partial charge on any atom is 0.00745 e. The van der Waals surface area contributed by atoms with E-state index in [1.54, 1.807) is 0 Å². The van der Waals surface area contributed by atoms with Gasteiger partial charge in [-0.3, -0.25) is 0 Å². The molecule has 0 atom stereocenters. The van der Waals surface area contributed by atoms with Crippen molar-refractivity contribution in [1.29, 1.82) is 0 Å². The van der Waals surface area contributed by atoms with E-state index >= 15 is 0 Å². The topological polar surface area (TPSA) is 64.1 Å². The van der Waals surface area contributed by atoms with E-state index in [2.05, 4.69) is 5.32 Å². The van der Waals surface area contributed by atoms with Crippen LogP contribution in [0.15, 0.2) is 0 Å². The minimum Gasteiger partial charge on any atom is -0.330 e. The van der Waals surface area contributed by atoms with E-state index in [9.17, 15) is 0 Å². The summed E-state index contributed by atoms with van der Waals surface area (Å²) in [6.07, 6.45) is 25.4. The second-order valence-electron chi connectivity index (χ2n) is 7.69. The minimum atomic E-state index is 0.760. The quantitative estimate of drug-likeness (QED) is 0.224. The van der Waals surface area contributed by atoms with E-state index in [4.69, 9.17) is 11.5 Å². The molecule has 0 saturated heterocycles. The number of unbranched alkanes of at least 4 members (excludes halogenated alkanes) is 17. The van der Waals surface area contributed by atoms with Gasteiger partial charge in [-0.25, -0.2) is 0 Å². The predicted molar refractivity (Wildman–Crippen MR) is 114 cm³/mol. The number of nitrogens with two attached hydrogens (primary N) is 2. The van der Waals surface area contributed by atoms with Gasteiger partial charge in [-0.05, 0) is 25.9 Å². The second kappa shape index (κ2) is 23.9. The molecule has 0 aliphatic rings. The molecule has 0 aromatic rings. The molecule has 5 N–H and O–H groups in total. The molecule has 0 spiro atoms. The Morgan fingerprint density at radius 2 is 0.640 bits per heavy atom. The van der Waals surface area contributed by atoms with E-state index in [-0.39, 0.29) is 0 Å². The lowest BCUT2D eigenvalue weighted by molar-refractivity contribution is 0.521. The Labute approximate surface area is 159 Å². The zero-order valence-corrected chi connectivity index (χ0v) is 17.2. The molecule has 0 aliphatic heterocycles. The predicted octanol–water partition coefficient (Wildman–Crippen LogP) is 5.52. The van der Waals surface area contributed by atoms with E-state index < -0.39 is 0 Å². The fourth-order valence-corrected chi connectivity index (χ4v) is 3.45. The Morgan fingerprint density at radius 3 is 0.960 bits per heavy atom. The van der Waals surface area contributed by atoms with Crippen molar-refractivity contribution in [2.75, 3.05) is 26.2 Å². The normalized spacial score (nSPS) is 11.3. The molecule has 0 saturated carbocycles. The average molecular weight is 356 g/mol. The highest BCUT2D eigenvalue weighted by Gasteiger charge is 1.95. The molecule has 3 heteroatoms. The molecular formula is C22H49N3. The van der Waals surface area contributed by atoms with Gasteiger partial charge in [0.1, 0.15) is 0 Å². The summed E-state index contributed by atoms with van der Waals surface area (Å²) < 4.78 is 0. The van der Waals surface area contributed by atoms with Crippen molar-refractivity contribution < 1.29 is 0 Å². The molecule has 0 unspecified atom stereocenters. The Morgan fingerprint density at radius 1 is 0.320 bits per heavy atom. The molecule has 0 aromatic heterocycles. The third-order valence-corrected chi connectivity index (χ3v) is 5.13. The van der Waals surface area contributed by atoms with Crippen molar-refractivity contribution in [3.8, 4) is 0 Å². The van der Waals surface area contributed by atoms with Crippen molar-refractivity contribution in [3.63, 3.8) is 0 Å². The highest BCUT2D eigenvalue weighted by atomic mass is 14.9. The third-order valence-electron chi connectivity index (χ3n) is 5.13. The van der Waals surface area contributed by atoms with Crippen molar-refractivity contribution in [3.05, 3.63) is 0 Å². The van der Waals surface area contributed by atoms with Crippen LogP contribution in [0, 0.1) is 0 Å². The standard InChI is InChI=1S/C22H49N3/c23-19-17-15-13-11-9-7-5-3-1-2-4-6-8-10-12-14-16-18-21-25-22-20-24/h25H,1-24H2. The van der Waals surface area contributed by atoms with Crippen LogP contribution in [0.4, 0.5) is 0 Å². The zero-order chi connectivity index (χ0) is 18.3. The Kier molecular flexibility index (Phi) is 23.8. The van der Waals surface area contributed by atoms with Gasteiger partial charge in [-0.2, -0.15) is 0 Å². The average Bonchev–Trinajstić information content (AvgIpc) is 2.63. The lowest BCUT2D eigenvalue weighted by Crippen LogP contribution is -2.23. The molecule has 0 aliphatic carbocycles. The van der Waals surface area contributed by atoms with Crippen molar-refractivity contribution in [1.82, 2.24) is 5.32 Å². The van der Waals surface area contributed by atoms with E-state index in [0.29, 0.717) is 0 Å². The molecule has 0 radical (unpaired) electrons. The fraction of sp³-hybridized carbons (Fsp3) is 1.00. The summed E-state index contributed by atoms with van der Waals surface area (Å²) in [5.41, 5.74) is 11.0. The summed E-state index contributed by atoms with van der Waals surface area (Å²) >= 11 is 0. The van der Waals surface area contributed by atoms with Crippen LogP contribution < -0.4 is 16.8 Å². The molecule has 0 fully saturated rings. The highest BCUT2D eigenvalue weighted by molar-refractivity contribution is 4.52. The Bertz CT molecular complexity index is 199. The first-order chi connectivity index (χ1) is 12.4. The van der Waals surface area contributed by atoms with Crippen LogP contribution in [0.2, 0.25) is 0 Å². The first kappa shape index (κ1) is 24.9.